The highest BCUT2D eigenvalue weighted by Crippen LogP contribution is 2.33. The first-order chi connectivity index (χ1) is 14.0. The number of piperazine rings is 1. The highest BCUT2D eigenvalue weighted by molar-refractivity contribution is 7.89. The Morgan fingerprint density at radius 2 is 1.66 bits per heavy atom. The predicted octanol–water partition coefficient (Wildman–Crippen LogP) is 2.65. The first-order valence-electron chi connectivity index (χ1n) is 10.7. The zero-order chi connectivity index (χ0) is 20.3. The second kappa shape index (κ2) is 8.92. The van der Waals surface area contributed by atoms with Gasteiger partial charge in [-0.05, 0) is 24.5 Å². The Bertz CT molecular complexity index is 827. The fourth-order valence-corrected chi connectivity index (χ4v) is 5.85. The lowest BCUT2D eigenvalue weighted by Crippen LogP contribution is -2.50. The van der Waals surface area contributed by atoms with E-state index >= 15 is 0 Å². The SMILES string of the molecule is O=C(CCC1CCCC1)N1CCN(S(=O)(=O)c2ccc3c(c2)OCCCO3)CC1. The molecule has 0 radical (unpaired) electrons. The van der Waals surface area contributed by atoms with Gasteiger partial charge in [0.1, 0.15) is 0 Å². The first kappa shape index (κ1) is 20.5. The normalized spacial score (nSPS) is 21.2. The van der Waals surface area contributed by atoms with Crippen LogP contribution in [0.1, 0.15) is 44.9 Å². The summed E-state index contributed by atoms with van der Waals surface area (Å²) in [6.07, 6.45) is 7.38. The van der Waals surface area contributed by atoms with Crippen LogP contribution in [0.25, 0.3) is 0 Å². The average molecular weight is 423 g/mol. The van der Waals surface area contributed by atoms with E-state index in [0.29, 0.717) is 63.2 Å². The van der Waals surface area contributed by atoms with Crippen molar-refractivity contribution in [2.24, 2.45) is 5.92 Å². The smallest absolute Gasteiger partial charge is 0.243 e. The minimum Gasteiger partial charge on any atom is -0.490 e. The molecule has 1 saturated carbocycles. The molecular formula is C21H30N2O5S. The van der Waals surface area contributed by atoms with Crippen LogP contribution in [0.2, 0.25) is 0 Å². The number of hydrogen-bond donors (Lipinski definition) is 0. The van der Waals surface area contributed by atoms with Gasteiger partial charge >= 0.3 is 0 Å². The van der Waals surface area contributed by atoms with Crippen molar-refractivity contribution in [3.8, 4) is 11.5 Å². The Kier molecular flexibility index (Phi) is 6.29. The minimum atomic E-state index is -3.62. The van der Waals surface area contributed by atoms with E-state index in [2.05, 4.69) is 0 Å². The maximum absolute atomic E-state index is 13.1. The number of fused-ring (bicyclic) bond motifs is 1. The summed E-state index contributed by atoms with van der Waals surface area (Å²) >= 11 is 0. The molecule has 0 aromatic heterocycles. The van der Waals surface area contributed by atoms with Gasteiger partial charge in [0.05, 0.1) is 18.1 Å². The minimum absolute atomic E-state index is 0.157. The Morgan fingerprint density at radius 3 is 2.38 bits per heavy atom. The lowest BCUT2D eigenvalue weighted by atomic mass is 10.0. The molecule has 2 heterocycles. The Balaban J connectivity index is 1.35. The van der Waals surface area contributed by atoms with Crippen molar-refractivity contribution in [2.75, 3.05) is 39.4 Å². The fraction of sp³-hybridized carbons (Fsp3) is 0.667. The van der Waals surface area contributed by atoms with E-state index in [-0.39, 0.29) is 10.8 Å². The summed E-state index contributed by atoms with van der Waals surface area (Å²) in [4.78, 5) is 14.5. The standard InChI is InChI=1S/C21H30N2O5S/c24-21(9-6-17-4-1-2-5-17)22-10-12-23(13-11-22)29(25,26)18-7-8-19-20(16-18)28-15-3-14-27-19/h7-8,16-17H,1-6,9-15H2. The zero-order valence-electron chi connectivity index (χ0n) is 16.8. The van der Waals surface area contributed by atoms with E-state index in [1.807, 2.05) is 4.90 Å². The molecule has 2 aliphatic heterocycles. The lowest BCUT2D eigenvalue weighted by Gasteiger charge is -2.34. The van der Waals surface area contributed by atoms with E-state index in [0.717, 1.165) is 12.8 Å². The number of nitrogens with zero attached hydrogens (tertiary/aromatic N) is 2. The molecule has 1 aromatic rings. The number of carbonyl (C=O) groups excluding carboxylic acids is 1. The van der Waals surface area contributed by atoms with Crippen molar-refractivity contribution in [1.82, 2.24) is 9.21 Å². The van der Waals surface area contributed by atoms with Crippen molar-refractivity contribution < 1.29 is 22.7 Å². The van der Waals surface area contributed by atoms with Gasteiger partial charge in [0.25, 0.3) is 0 Å². The summed E-state index contributed by atoms with van der Waals surface area (Å²) in [6.45, 7) is 2.63. The molecule has 0 N–H and O–H groups in total. The van der Waals surface area contributed by atoms with Gasteiger partial charge in [-0.2, -0.15) is 4.31 Å². The number of amides is 1. The van der Waals surface area contributed by atoms with Gasteiger partial charge in [-0.1, -0.05) is 25.7 Å². The maximum atomic E-state index is 13.1. The van der Waals surface area contributed by atoms with E-state index in [1.165, 1.54) is 30.0 Å². The second-order valence-electron chi connectivity index (χ2n) is 8.13. The molecule has 8 heteroatoms. The molecule has 29 heavy (non-hydrogen) atoms. The van der Waals surface area contributed by atoms with Gasteiger partial charge in [0.2, 0.25) is 15.9 Å². The zero-order valence-corrected chi connectivity index (χ0v) is 17.7. The molecule has 0 bridgehead atoms. The van der Waals surface area contributed by atoms with Crippen LogP contribution in [0.15, 0.2) is 23.1 Å². The van der Waals surface area contributed by atoms with Crippen molar-refractivity contribution in [3.63, 3.8) is 0 Å². The summed E-state index contributed by atoms with van der Waals surface area (Å²) in [5.74, 6) is 1.91. The molecule has 1 saturated heterocycles. The van der Waals surface area contributed by atoms with Crippen LogP contribution in [-0.2, 0) is 14.8 Å². The van der Waals surface area contributed by atoms with Gasteiger partial charge in [-0.15, -0.1) is 0 Å². The molecule has 0 unspecified atom stereocenters. The van der Waals surface area contributed by atoms with Crippen LogP contribution < -0.4 is 9.47 Å². The summed E-state index contributed by atoms with van der Waals surface area (Å²) < 4.78 is 38.8. The van der Waals surface area contributed by atoms with Gasteiger partial charge in [-0.25, -0.2) is 8.42 Å². The molecule has 7 nitrogen and oxygen atoms in total. The van der Waals surface area contributed by atoms with E-state index in [1.54, 1.807) is 18.2 Å². The average Bonchev–Trinajstić information content (AvgIpc) is 3.15. The third kappa shape index (κ3) is 4.69. The number of hydrogen-bond acceptors (Lipinski definition) is 5. The van der Waals surface area contributed by atoms with Crippen molar-refractivity contribution >= 4 is 15.9 Å². The molecule has 160 valence electrons. The van der Waals surface area contributed by atoms with Crippen LogP contribution in [0.3, 0.4) is 0 Å². The van der Waals surface area contributed by atoms with E-state index in [4.69, 9.17) is 9.47 Å². The number of benzene rings is 1. The Labute approximate surface area is 173 Å². The molecule has 4 rings (SSSR count). The van der Waals surface area contributed by atoms with Crippen LogP contribution in [0, 0.1) is 5.92 Å². The van der Waals surface area contributed by atoms with Gasteiger partial charge in [-0.3, -0.25) is 4.79 Å². The van der Waals surface area contributed by atoms with Crippen LogP contribution >= 0.6 is 0 Å². The molecule has 1 amide bonds. The molecule has 2 fully saturated rings. The van der Waals surface area contributed by atoms with E-state index in [9.17, 15) is 13.2 Å². The molecular weight excluding hydrogens is 392 g/mol. The number of sulfonamides is 1. The molecule has 3 aliphatic rings. The predicted molar refractivity (Wildman–Crippen MR) is 109 cm³/mol. The van der Waals surface area contributed by atoms with Crippen LogP contribution in [0.4, 0.5) is 0 Å². The summed E-state index contributed by atoms with van der Waals surface area (Å²) in [5.41, 5.74) is 0. The van der Waals surface area contributed by atoms with Crippen molar-refractivity contribution in [3.05, 3.63) is 18.2 Å². The molecule has 1 aliphatic carbocycles. The van der Waals surface area contributed by atoms with Gasteiger partial charge < -0.3 is 14.4 Å². The summed E-state index contributed by atoms with van der Waals surface area (Å²) in [7, 11) is -3.62. The maximum Gasteiger partial charge on any atom is 0.243 e. The number of rotatable bonds is 5. The van der Waals surface area contributed by atoms with E-state index < -0.39 is 10.0 Å². The monoisotopic (exact) mass is 422 g/mol. The van der Waals surface area contributed by atoms with Crippen molar-refractivity contribution in [2.45, 2.75) is 49.8 Å². The molecule has 0 spiro atoms. The molecule has 0 atom stereocenters. The fourth-order valence-electron chi connectivity index (χ4n) is 4.42. The third-order valence-electron chi connectivity index (χ3n) is 6.19. The quantitative estimate of drug-likeness (QED) is 0.729. The largest absolute Gasteiger partial charge is 0.490 e. The van der Waals surface area contributed by atoms with Gasteiger partial charge in [0, 0.05) is 45.1 Å². The van der Waals surface area contributed by atoms with Crippen molar-refractivity contribution in [1.29, 1.82) is 0 Å². The Hall–Kier alpha value is -1.80. The third-order valence-corrected chi connectivity index (χ3v) is 8.08. The van der Waals surface area contributed by atoms with Gasteiger partial charge in [0.15, 0.2) is 11.5 Å². The lowest BCUT2D eigenvalue weighted by molar-refractivity contribution is -0.132. The highest BCUT2D eigenvalue weighted by Gasteiger charge is 2.31. The van der Waals surface area contributed by atoms with Crippen LogP contribution in [0.5, 0.6) is 11.5 Å². The topological polar surface area (TPSA) is 76.2 Å². The second-order valence-corrected chi connectivity index (χ2v) is 10.1. The molecule has 1 aromatic carbocycles. The number of ether oxygens (including phenoxy) is 2. The van der Waals surface area contributed by atoms with Crippen LogP contribution in [-0.4, -0.2) is 62.9 Å². The summed E-state index contributed by atoms with van der Waals surface area (Å²) in [6, 6.07) is 4.79. The Morgan fingerprint density at radius 1 is 0.966 bits per heavy atom. The summed E-state index contributed by atoms with van der Waals surface area (Å²) in [5, 5.41) is 0. The number of carbonyl (C=O) groups is 1. The first-order valence-corrected chi connectivity index (χ1v) is 12.2. The highest BCUT2D eigenvalue weighted by atomic mass is 32.2.